The van der Waals surface area contributed by atoms with Crippen LogP contribution in [0.3, 0.4) is 0 Å². The van der Waals surface area contributed by atoms with Crippen LogP contribution < -0.4 is 0 Å². The van der Waals surface area contributed by atoms with Crippen molar-refractivity contribution in [2.45, 2.75) is 50.5 Å². The van der Waals surface area contributed by atoms with E-state index in [0.717, 1.165) is 31.2 Å². The molecule has 180 valence electrons. The van der Waals surface area contributed by atoms with E-state index in [0.29, 0.717) is 29.9 Å². The van der Waals surface area contributed by atoms with Crippen LogP contribution in [0.15, 0.2) is 66.8 Å². The van der Waals surface area contributed by atoms with Crippen LogP contribution in [0, 0.1) is 23.5 Å². The fraction of sp³-hybridized carbons (Fsp3) is 0.379. The standard InChI is InChI=1S/C29H30F4O/c1-3-18-4-9-20(10-5-18)23-15-16-24(28(32)27(23)31)21-11-6-19(7-12-21)8-13-22-14-17-25(34-2)29(33)26(22)30/h3,6-8,11-13,15-16,18,20,22,25H,1,4-5,9-10,14,17H2,2H3/b13-8+. The van der Waals surface area contributed by atoms with E-state index in [1.165, 1.54) is 7.11 Å². The van der Waals surface area contributed by atoms with Gasteiger partial charge in [0.1, 0.15) is 11.9 Å². The van der Waals surface area contributed by atoms with E-state index in [9.17, 15) is 17.6 Å². The quantitative estimate of drug-likeness (QED) is 0.303. The zero-order valence-electron chi connectivity index (χ0n) is 19.4. The SMILES string of the molecule is C=CC1CCC(c2ccc(-c3ccc(/C=C/C4CCC(OC)C(F)=C4F)cc3)c(F)c2F)CC1. The average molecular weight is 471 g/mol. The Labute approximate surface area is 198 Å². The molecule has 0 saturated heterocycles. The van der Waals surface area contributed by atoms with E-state index in [4.69, 9.17) is 4.74 Å². The Hall–Kier alpha value is -2.66. The molecule has 1 nitrogen and oxygen atoms in total. The van der Waals surface area contributed by atoms with Crippen LogP contribution in [0.2, 0.25) is 0 Å². The maximum atomic E-state index is 15.0. The van der Waals surface area contributed by atoms with Crippen molar-refractivity contribution in [1.82, 2.24) is 0 Å². The Bertz CT molecular complexity index is 1080. The molecule has 0 N–H and O–H groups in total. The van der Waals surface area contributed by atoms with Crippen molar-refractivity contribution >= 4 is 6.08 Å². The lowest BCUT2D eigenvalue weighted by molar-refractivity contribution is 0.0859. The second-order valence-electron chi connectivity index (χ2n) is 9.26. The number of halogens is 4. The molecule has 4 rings (SSSR count). The first-order valence-electron chi connectivity index (χ1n) is 11.9. The predicted octanol–water partition coefficient (Wildman–Crippen LogP) is 8.68. The molecule has 2 aromatic carbocycles. The van der Waals surface area contributed by atoms with Gasteiger partial charge in [-0.2, -0.15) is 0 Å². The van der Waals surface area contributed by atoms with E-state index in [-0.39, 0.29) is 11.5 Å². The highest BCUT2D eigenvalue weighted by Crippen LogP contribution is 2.39. The summed E-state index contributed by atoms with van der Waals surface area (Å²) in [6.07, 6.45) is 8.93. The number of benzene rings is 2. The molecule has 0 bridgehead atoms. The van der Waals surface area contributed by atoms with Crippen molar-refractivity contribution in [2.75, 3.05) is 7.11 Å². The topological polar surface area (TPSA) is 9.23 Å². The van der Waals surface area contributed by atoms with Gasteiger partial charge in [0.25, 0.3) is 0 Å². The molecule has 1 fully saturated rings. The summed E-state index contributed by atoms with van der Waals surface area (Å²) in [5, 5.41) is 0. The summed E-state index contributed by atoms with van der Waals surface area (Å²) >= 11 is 0. The lowest BCUT2D eigenvalue weighted by Crippen LogP contribution is -2.20. The molecule has 0 spiro atoms. The van der Waals surface area contributed by atoms with Crippen LogP contribution in [0.1, 0.15) is 55.6 Å². The molecule has 2 aliphatic carbocycles. The zero-order valence-corrected chi connectivity index (χ0v) is 19.4. The van der Waals surface area contributed by atoms with E-state index in [1.807, 2.05) is 6.08 Å². The molecule has 2 aromatic rings. The molecule has 2 unspecified atom stereocenters. The lowest BCUT2D eigenvalue weighted by Gasteiger charge is -2.27. The molecule has 0 heterocycles. The molecule has 2 atom stereocenters. The Morgan fingerprint density at radius 3 is 2.18 bits per heavy atom. The van der Waals surface area contributed by atoms with E-state index in [1.54, 1.807) is 48.6 Å². The number of allylic oxidation sites excluding steroid dienone is 3. The van der Waals surface area contributed by atoms with E-state index in [2.05, 4.69) is 6.58 Å². The summed E-state index contributed by atoms with van der Waals surface area (Å²) in [4.78, 5) is 0. The third-order valence-corrected chi connectivity index (χ3v) is 7.26. The summed E-state index contributed by atoms with van der Waals surface area (Å²) in [6.45, 7) is 3.84. The van der Waals surface area contributed by atoms with Crippen molar-refractivity contribution < 1.29 is 22.3 Å². The Balaban J connectivity index is 1.48. The van der Waals surface area contributed by atoms with Crippen molar-refractivity contribution in [2.24, 2.45) is 11.8 Å². The summed E-state index contributed by atoms with van der Waals surface area (Å²) in [6, 6.07) is 10.3. The number of ether oxygens (including phenoxy) is 1. The first-order valence-corrected chi connectivity index (χ1v) is 11.9. The number of hydrogen-bond donors (Lipinski definition) is 0. The van der Waals surface area contributed by atoms with Gasteiger partial charge in [-0.15, -0.1) is 6.58 Å². The highest BCUT2D eigenvalue weighted by Gasteiger charge is 2.29. The molecular weight excluding hydrogens is 440 g/mol. The third kappa shape index (κ3) is 5.05. The molecule has 5 heteroatoms. The Morgan fingerprint density at radius 1 is 0.824 bits per heavy atom. The molecule has 0 radical (unpaired) electrons. The summed E-state index contributed by atoms with van der Waals surface area (Å²) in [7, 11) is 1.37. The van der Waals surface area contributed by atoms with Crippen LogP contribution in [0.5, 0.6) is 0 Å². The normalized spacial score (nSPS) is 25.7. The van der Waals surface area contributed by atoms with Crippen LogP contribution in [0.25, 0.3) is 17.2 Å². The van der Waals surface area contributed by atoms with Gasteiger partial charge in [0.15, 0.2) is 17.5 Å². The highest BCUT2D eigenvalue weighted by molar-refractivity contribution is 5.67. The lowest BCUT2D eigenvalue weighted by atomic mass is 9.78. The minimum Gasteiger partial charge on any atom is -0.374 e. The van der Waals surface area contributed by atoms with Crippen molar-refractivity contribution in [3.05, 3.63) is 89.5 Å². The maximum absolute atomic E-state index is 15.0. The van der Waals surface area contributed by atoms with E-state index >= 15 is 0 Å². The van der Waals surface area contributed by atoms with Crippen LogP contribution in [0.4, 0.5) is 17.6 Å². The minimum absolute atomic E-state index is 0.0329. The van der Waals surface area contributed by atoms with Crippen molar-refractivity contribution in [3.8, 4) is 11.1 Å². The van der Waals surface area contributed by atoms with Crippen LogP contribution in [-0.4, -0.2) is 13.2 Å². The fourth-order valence-electron chi connectivity index (χ4n) is 5.09. The molecule has 1 saturated carbocycles. The Morgan fingerprint density at radius 2 is 1.53 bits per heavy atom. The third-order valence-electron chi connectivity index (χ3n) is 7.26. The predicted molar refractivity (Wildman–Crippen MR) is 128 cm³/mol. The molecule has 0 amide bonds. The molecule has 0 aromatic heterocycles. The molecule has 34 heavy (non-hydrogen) atoms. The van der Waals surface area contributed by atoms with Gasteiger partial charge in [-0.3, -0.25) is 0 Å². The van der Waals surface area contributed by atoms with Gasteiger partial charge >= 0.3 is 0 Å². The number of rotatable bonds is 6. The van der Waals surface area contributed by atoms with Gasteiger partial charge in [0.2, 0.25) is 0 Å². The molecular formula is C29H30F4O. The number of hydrogen-bond acceptors (Lipinski definition) is 1. The summed E-state index contributed by atoms with van der Waals surface area (Å²) in [5.74, 6) is -3.36. The number of methoxy groups -OCH3 is 1. The zero-order chi connectivity index (χ0) is 24.2. The Kier molecular flexibility index (Phi) is 7.72. The highest BCUT2D eigenvalue weighted by atomic mass is 19.2. The minimum atomic E-state index is -0.839. The molecule has 0 aliphatic heterocycles. The van der Waals surface area contributed by atoms with Crippen LogP contribution in [-0.2, 0) is 4.74 Å². The summed E-state index contributed by atoms with van der Waals surface area (Å²) in [5.41, 5.74) is 2.00. The van der Waals surface area contributed by atoms with Gasteiger partial charge in [0.05, 0.1) is 0 Å². The van der Waals surface area contributed by atoms with Crippen molar-refractivity contribution in [1.29, 1.82) is 0 Å². The summed E-state index contributed by atoms with van der Waals surface area (Å²) < 4.78 is 63.1. The fourth-order valence-corrected chi connectivity index (χ4v) is 5.09. The largest absolute Gasteiger partial charge is 0.374 e. The second kappa shape index (κ2) is 10.7. The monoisotopic (exact) mass is 470 g/mol. The van der Waals surface area contributed by atoms with E-state index < -0.39 is 35.3 Å². The van der Waals surface area contributed by atoms with Crippen LogP contribution >= 0.6 is 0 Å². The first-order chi connectivity index (χ1) is 16.4. The maximum Gasteiger partial charge on any atom is 0.166 e. The van der Waals surface area contributed by atoms with Gasteiger partial charge in [-0.1, -0.05) is 54.6 Å². The smallest absolute Gasteiger partial charge is 0.166 e. The average Bonchev–Trinajstić information content (AvgIpc) is 2.87. The van der Waals surface area contributed by atoms with Gasteiger partial charge in [0, 0.05) is 18.6 Å². The van der Waals surface area contributed by atoms with Gasteiger partial charge in [-0.05, 0) is 67.1 Å². The van der Waals surface area contributed by atoms with Gasteiger partial charge < -0.3 is 4.74 Å². The van der Waals surface area contributed by atoms with Gasteiger partial charge in [-0.25, -0.2) is 17.6 Å². The molecule has 2 aliphatic rings. The van der Waals surface area contributed by atoms with Crippen molar-refractivity contribution in [3.63, 3.8) is 0 Å². The first kappa shape index (κ1) is 24.5. The second-order valence-corrected chi connectivity index (χ2v) is 9.26.